The maximum absolute atomic E-state index is 10.1. The number of hydrogen-bond donors (Lipinski definition) is 2. The van der Waals surface area contributed by atoms with Gasteiger partial charge < -0.3 is 10.8 Å². The van der Waals surface area contributed by atoms with Crippen molar-refractivity contribution in [2.24, 2.45) is 5.73 Å². The van der Waals surface area contributed by atoms with Crippen molar-refractivity contribution in [3.05, 3.63) is 34.3 Å². The summed E-state index contributed by atoms with van der Waals surface area (Å²) < 4.78 is 1.10. The summed E-state index contributed by atoms with van der Waals surface area (Å²) in [5, 5.41) is 10.1. The van der Waals surface area contributed by atoms with Crippen LogP contribution >= 0.6 is 15.9 Å². The van der Waals surface area contributed by atoms with Gasteiger partial charge in [0.1, 0.15) is 0 Å². The van der Waals surface area contributed by atoms with Crippen LogP contribution in [0, 0.1) is 0 Å². The molecular formula is C13H18BrNO. The minimum atomic E-state index is -0.575. The van der Waals surface area contributed by atoms with E-state index in [-0.39, 0.29) is 5.41 Å². The van der Waals surface area contributed by atoms with Gasteiger partial charge in [-0.25, -0.2) is 0 Å². The predicted octanol–water partition coefficient (Wildman–Crippen LogP) is 2.58. The van der Waals surface area contributed by atoms with E-state index in [2.05, 4.69) is 22.0 Å². The zero-order valence-corrected chi connectivity index (χ0v) is 11.1. The molecule has 1 aromatic carbocycles. The summed E-state index contributed by atoms with van der Waals surface area (Å²) in [6.07, 6.45) is 2.53. The zero-order valence-electron chi connectivity index (χ0n) is 9.54. The zero-order chi connectivity index (χ0) is 11.8. The van der Waals surface area contributed by atoms with Gasteiger partial charge in [-0.1, -0.05) is 34.1 Å². The van der Waals surface area contributed by atoms with Gasteiger partial charge in [-0.3, -0.25) is 0 Å². The second-order valence-corrected chi connectivity index (χ2v) is 5.99. The van der Waals surface area contributed by atoms with Crippen LogP contribution in [0.3, 0.4) is 0 Å². The minimum absolute atomic E-state index is 0.0659. The van der Waals surface area contributed by atoms with E-state index in [9.17, 15) is 5.11 Å². The molecule has 1 saturated carbocycles. The van der Waals surface area contributed by atoms with Crippen molar-refractivity contribution in [3.8, 4) is 0 Å². The van der Waals surface area contributed by atoms with Gasteiger partial charge in [-0.2, -0.15) is 0 Å². The molecular weight excluding hydrogens is 266 g/mol. The molecule has 2 atom stereocenters. The van der Waals surface area contributed by atoms with Crippen LogP contribution < -0.4 is 5.73 Å². The van der Waals surface area contributed by atoms with E-state index in [1.165, 1.54) is 5.56 Å². The van der Waals surface area contributed by atoms with Crippen LogP contribution in [0.2, 0.25) is 0 Å². The van der Waals surface area contributed by atoms with E-state index < -0.39 is 5.60 Å². The number of rotatable bonds is 2. The van der Waals surface area contributed by atoms with Gasteiger partial charge >= 0.3 is 0 Å². The van der Waals surface area contributed by atoms with Crippen LogP contribution in [-0.4, -0.2) is 17.3 Å². The Hall–Kier alpha value is -0.380. The summed E-state index contributed by atoms with van der Waals surface area (Å²) in [5.74, 6) is 0. The first kappa shape index (κ1) is 12.1. The van der Waals surface area contributed by atoms with Crippen LogP contribution in [-0.2, 0) is 5.41 Å². The molecule has 0 bridgehead atoms. The summed E-state index contributed by atoms with van der Waals surface area (Å²) in [4.78, 5) is 0. The van der Waals surface area contributed by atoms with Crippen molar-refractivity contribution in [3.63, 3.8) is 0 Å². The van der Waals surface area contributed by atoms with Crippen LogP contribution in [0.15, 0.2) is 28.7 Å². The summed E-state index contributed by atoms with van der Waals surface area (Å²) in [5.41, 5.74) is 6.55. The maximum atomic E-state index is 10.1. The number of benzene rings is 1. The molecule has 3 heteroatoms. The van der Waals surface area contributed by atoms with E-state index in [1.807, 2.05) is 25.1 Å². The first-order valence-electron chi connectivity index (χ1n) is 5.67. The highest BCUT2D eigenvalue weighted by Gasteiger charge is 2.45. The average Bonchev–Trinajstić information content (AvgIpc) is 2.56. The topological polar surface area (TPSA) is 46.2 Å². The van der Waals surface area contributed by atoms with E-state index in [1.54, 1.807) is 0 Å². The van der Waals surface area contributed by atoms with Crippen LogP contribution in [0.4, 0.5) is 0 Å². The van der Waals surface area contributed by atoms with Crippen LogP contribution in [0.1, 0.15) is 31.7 Å². The molecule has 2 rings (SSSR count). The average molecular weight is 284 g/mol. The Morgan fingerprint density at radius 2 is 2.06 bits per heavy atom. The normalized spacial score (nSPS) is 34.2. The second-order valence-electron chi connectivity index (χ2n) is 5.14. The molecule has 1 aromatic rings. The molecule has 1 aliphatic rings. The molecule has 2 unspecified atom stereocenters. The van der Waals surface area contributed by atoms with Crippen molar-refractivity contribution < 1.29 is 5.11 Å². The van der Waals surface area contributed by atoms with Crippen molar-refractivity contribution in [1.82, 2.24) is 0 Å². The largest absolute Gasteiger partial charge is 0.390 e. The lowest BCUT2D eigenvalue weighted by molar-refractivity contribution is 0.0611. The minimum Gasteiger partial charge on any atom is -0.390 e. The third kappa shape index (κ3) is 2.04. The Morgan fingerprint density at radius 3 is 2.56 bits per heavy atom. The molecule has 88 valence electrons. The van der Waals surface area contributed by atoms with E-state index in [4.69, 9.17) is 5.73 Å². The number of halogens is 1. The Morgan fingerprint density at radius 1 is 1.38 bits per heavy atom. The first-order valence-corrected chi connectivity index (χ1v) is 6.46. The Balaban J connectivity index is 2.41. The highest BCUT2D eigenvalue weighted by molar-refractivity contribution is 9.10. The van der Waals surface area contributed by atoms with Gasteiger partial charge in [-0.15, -0.1) is 0 Å². The smallest absolute Gasteiger partial charge is 0.0629 e. The van der Waals surface area contributed by atoms with Crippen molar-refractivity contribution >= 4 is 15.9 Å². The standard InChI is InChI=1S/C13H18BrNO/c1-12(16)6-7-13(8-12,9-15)10-4-2-3-5-11(10)14/h2-5,16H,6-9,15H2,1H3. The molecule has 0 radical (unpaired) electrons. The van der Waals surface area contributed by atoms with Gasteiger partial charge in [0.25, 0.3) is 0 Å². The van der Waals surface area contributed by atoms with Gasteiger partial charge in [0.2, 0.25) is 0 Å². The number of nitrogens with two attached hydrogens (primary N) is 1. The summed E-state index contributed by atoms with van der Waals surface area (Å²) in [6.45, 7) is 2.49. The lowest BCUT2D eigenvalue weighted by Gasteiger charge is -2.30. The van der Waals surface area contributed by atoms with Gasteiger partial charge in [0, 0.05) is 16.4 Å². The highest BCUT2D eigenvalue weighted by Crippen LogP contribution is 2.47. The third-order valence-corrected chi connectivity index (χ3v) is 4.39. The van der Waals surface area contributed by atoms with E-state index >= 15 is 0 Å². The predicted molar refractivity (Wildman–Crippen MR) is 69.3 cm³/mol. The monoisotopic (exact) mass is 283 g/mol. The van der Waals surface area contributed by atoms with Gasteiger partial charge in [0.15, 0.2) is 0 Å². The molecule has 1 fully saturated rings. The third-order valence-electron chi connectivity index (χ3n) is 3.70. The van der Waals surface area contributed by atoms with Crippen molar-refractivity contribution in [1.29, 1.82) is 0 Å². The SMILES string of the molecule is CC1(O)CCC(CN)(c2ccccc2Br)C1. The lowest BCUT2D eigenvalue weighted by atomic mass is 9.78. The molecule has 0 spiro atoms. The molecule has 2 nitrogen and oxygen atoms in total. The number of aliphatic hydroxyl groups is 1. The Kier molecular flexibility index (Phi) is 3.12. The van der Waals surface area contributed by atoms with Gasteiger partial charge in [-0.05, 0) is 37.8 Å². The molecule has 1 aliphatic carbocycles. The molecule has 0 aliphatic heterocycles. The fourth-order valence-corrected chi connectivity index (χ4v) is 3.53. The molecule has 0 saturated heterocycles. The lowest BCUT2D eigenvalue weighted by Crippen LogP contribution is -2.35. The molecule has 0 amide bonds. The summed E-state index contributed by atoms with van der Waals surface area (Å²) in [7, 11) is 0. The van der Waals surface area contributed by atoms with Crippen LogP contribution in [0.5, 0.6) is 0 Å². The van der Waals surface area contributed by atoms with E-state index in [0.717, 1.165) is 23.7 Å². The molecule has 0 heterocycles. The van der Waals surface area contributed by atoms with Crippen LogP contribution in [0.25, 0.3) is 0 Å². The summed E-state index contributed by atoms with van der Waals surface area (Å²) >= 11 is 3.58. The molecule has 0 aromatic heterocycles. The molecule has 3 N–H and O–H groups in total. The van der Waals surface area contributed by atoms with Crippen molar-refractivity contribution in [2.45, 2.75) is 37.2 Å². The highest BCUT2D eigenvalue weighted by atomic mass is 79.9. The fourth-order valence-electron chi connectivity index (χ4n) is 2.82. The van der Waals surface area contributed by atoms with Gasteiger partial charge in [0.05, 0.1) is 5.60 Å². The molecule has 16 heavy (non-hydrogen) atoms. The quantitative estimate of drug-likeness (QED) is 0.876. The fraction of sp³-hybridized carbons (Fsp3) is 0.538. The Labute approximate surface area is 105 Å². The second kappa shape index (κ2) is 4.13. The Bertz CT molecular complexity index is 391. The summed E-state index contributed by atoms with van der Waals surface area (Å²) in [6, 6.07) is 8.19. The van der Waals surface area contributed by atoms with Crippen molar-refractivity contribution in [2.75, 3.05) is 6.54 Å². The first-order chi connectivity index (χ1) is 7.49. The number of hydrogen-bond acceptors (Lipinski definition) is 2. The maximum Gasteiger partial charge on any atom is 0.0629 e. The van der Waals surface area contributed by atoms with E-state index in [0.29, 0.717) is 6.54 Å².